The molecule has 0 bridgehead atoms. The Morgan fingerprint density at radius 1 is 1.31 bits per heavy atom. The molecule has 0 aliphatic carbocycles. The Morgan fingerprint density at radius 3 is 2.62 bits per heavy atom. The van der Waals surface area contributed by atoms with Gasteiger partial charge in [0, 0.05) is 37.7 Å². The number of rotatable bonds is 4. The van der Waals surface area contributed by atoms with Crippen molar-refractivity contribution in [1.82, 2.24) is 10.1 Å². The number of methoxy groups -OCH3 is 1. The first-order valence-electron chi connectivity index (χ1n) is 9.45. The van der Waals surface area contributed by atoms with Crippen LogP contribution in [0.15, 0.2) is 22.7 Å². The summed E-state index contributed by atoms with van der Waals surface area (Å²) < 4.78 is 24.1. The van der Waals surface area contributed by atoms with Crippen LogP contribution in [0.3, 0.4) is 0 Å². The van der Waals surface area contributed by atoms with E-state index < -0.39 is 11.8 Å². The van der Waals surface area contributed by atoms with Gasteiger partial charge in [0.25, 0.3) is 0 Å². The molecule has 1 spiro atoms. The Labute approximate surface area is 166 Å². The molecule has 1 aromatic carbocycles. The van der Waals surface area contributed by atoms with E-state index >= 15 is 0 Å². The van der Waals surface area contributed by atoms with E-state index in [9.17, 15) is 19.1 Å². The number of ether oxygens (including phenoxy) is 1. The van der Waals surface area contributed by atoms with E-state index in [0.717, 1.165) is 19.3 Å². The van der Waals surface area contributed by atoms with Crippen molar-refractivity contribution in [1.29, 1.82) is 0 Å². The van der Waals surface area contributed by atoms with E-state index in [-0.39, 0.29) is 34.3 Å². The van der Waals surface area contributed by atoms with Crippen molar-refractivity contribution in [3.8, 4) is 17.1 Å². The maximum atomic E-state index is 13.7. The number of amides is 1. The number of halogens is 1. The summed E-state index contributed by atoms with van der Waals surface area (Å²) in [5.41, 5.74) is 0.146. The van der Waals surface area contributed by atoms with Gasteiger partial charge in [-0.05, 0) is 37.5 Å². The first kappa shape index (κ1) is 19.2. The van der Waals surface area contributed by atoms with Gasteiger partial charge in [-0.1, -0.05) is 5.16 Å². The Bertz CT molecular complexity index is 965. The van der Waals surface area contributed by atoms with Crippen LogP contribution in [-0.2, 0) is 4.79 Å². The van der Waals surface area contributed by atoms with Crippen LogP contribution in [0.2, 0.25) is 0 Å². The van der Waals surface area contributed by atoms with E-state index in [0.29, 0.717) is 25.1 Å². The summed E-state index contributed by atoms with van der Waals surface area (Å²) >= 11 is 0. The maximum absolute atomic E-state index is 13.7. The van der Waals surface area contributed by atoms with Gasteiger partial charge >= 0.3 is 5.97 Å². The van der Waals surface area contributed by atoms with Crippen LogP contribution >= 0.6 is 0 Å². The normalized spacial score (nSPS) is 18.5. The summed E-state index contributed by atoms with van der Waals surface area (Å²) in [6, 6.07) is 4.01. The van der Waals surface area contributed by atoms with Crippen molar-refractivity contribution in [3.63, 3.8) is 0 Å². The zero-order chi connectivity index (χ0) is 20.8. The zero-order valence-electron chi connectivity index (χ0n) is 16.3. The monoisotopic (exact) mass is 403 g/mol. The van der Waals surface area contributed by atoms with Crippen molar-refractivity contribution < 1.29 is 28.3 Å². The molecule has 0 atom stereocenters. The summed E-state index contributed by atoms with van der Waals surface area (Å²) in [7, 11) is 3.17. The van der Waals surface area contributed by atoms with Crippen molar-refractivity contribution in [2.45, 2.75) is 31.2 Å². The summed E-state index contributed by atoms with van der Waals surface area (Å²) in [5.74, 6) is -1.28. The molecule has 2 aromatic rings. The quantitative estimate of drug-likeness (QED) is 0.839. The fourth-order valence-corrected chi connectivity index (χ4v) is 4.35. The number of carbonyl (C=O) groups is 2. The summed E-state index contributed by atoms with van der Waals surface area (Å²) in [6.07, 6.45) is 2.85. The standard InChI is InChI=1S/C20H22FN3O5/c1-23-15(25)5-6-20(23)7-9-24(10-8-20)18-16(19(26)27)17(29-22-18)12-3-4-13(21)14(11-12)28-2/h3-4,11H,5-10H2,1-2H3,(H,26,27). The topological polar surface area (TPSA) is 96.1 Å². The maximum Gasteiger partial charge on any atom is 0.343 e. The molecule has 0 unspecified atom stereocenters. The molecule has 1 N–H and O–H groups in total. The third-order valence-corrected chi connectivity index (χ3v) is 6.18. The van der Waals surface area contributed by atoms with Crippen molar-refractivity contribution >= 4 is 17.7 Å². The van der Waals surface area contributed by atoms with Gasteiger partial charge in [-0.3, -0.25) is 4.79 Å². The van der Waals surface area contributed by atoms with E-state index in [2.05, 4.69) is 5.16 Å². The molecular formula is C20H22FN3O5. The fraction of sp³-hybridized carbons (Fsp3) is 0.450. The highest BCUT2D eigenvalue weighted by molar-refractivity contribution is 5.99. The molecule has 0 saturated carbocycles. The Hall–Kier alpha value is -3.10. The molecule has 2 saturated heterocycles. The van der Waals surface area contributed by atoms with Crippen molar-refractivity contribution in [2.24, 2.45) is 0 Å². The molecule has 2 aliphatic heterocycles. The minimum Gasteiger partial charge on any atom is -0.494 e. The number of carboxylic acid groups (broad SMARTS) is 1. The number of hydrogen-bond donors (Lipinski definition) is 1. The van der Waals surface area contributed by atoms with E-state index in [1.807, 2.05) is 16.8 Å². The number of anilines is 1. The lowest BCUT2D eigenvalue weighted by Crippen LogP contribution is -2.52. The van der Waals surface area contributed by atoms with Gasteiger partial charge in [0.15, 0.2) is 28.7 Å². The first-order chi connectivity index (χ1) is 13.9. The van der Waals surface area contributed by atoms with Gasteiger partial charge in [-0.2, -0.15) is 0 Å². The number of aromatic carboxylic acids is 1. The third kappa shape index (κ3) is 3.10. The number of nitrogens with zero attached hydrogens (tertiary/aromatic N) is 3. The molecule has 9 heteroatoms. The van der Waals surface area contributed by atoms with Gasteiger partial charge in [0.05, 0.1) is 7.11 Å². The second-order valence-corrected chi connectivity index (χ2v) is 7.53. The Morgan fingerprint density at radius 2 is 2.03 bits per heavy atom. The minimum absolute atomic E-state index is 0.00867. The van der Waals surface area contributed by atoms with Crippen LogP contribution < -0.4 is 9.64 Å². The third-order valence-electron chi connectivity index (χ3n) is 6.18. The second kappa shape index (κ2) is 7.06. The van der Waals surface area contributed by atoms with Crippen LogP contribution in [0.5, 0.6) is 5.75 Å². The number of benzene rings is 1. The molecule has 4 rings (SSSR count). The van der Waals surface area contributed by atoms with Gasteiger partial charge in [-0.25, -0.2) is 9.18 Å². The predicted octanol–water partition coefficient (Wildman–Crippen LogP) is 2.78. The fourth-order valence-electron chi connectivity index (χ4n) is 4.35. The van der Waals surface area contributed by atoms with Crippen LogP contribution in [0.1, 0.15) is 36.0 Å². The molecule has 1 amide bonds. The number of hydrogen-bond acceptors (Lipinski definition) is 6. The van der Waals surface area contributed by atoms with Crippen LogP contribution in [0.25, 0.3) is 11.3 Å². The van der Waals surface area contributed by atoms with Crippen molar-refractivity contribution in [3.05, 3.63) is 29.6 Å². The predicted molar refractivity (Wildman–Crippen MR) is 102 cm³/mol. The smallest absolute Gasteiger partial charge is 0.343 e. The highest BCUT2D eigenvalue weighted by atomic mass is 19.1. The van der Waals surface area contributed by atoms with Gasteiger partial charge in [0.1, 0.15) is 0 Å². The van der Waals surface area contributed by atoms with Crippen molar-refractivity contribution in [2.75, 3.05) is 32.1 Å². The summed E-state index contributed by atoms with van der Waals surface area (Å²) in [4.78, 5) is 27.7. The molecule has 8 nitrogen and oxygen atoms in total. The number of piperidine rings is 1. The SMILES string of the molecule is COc1cc(-c2onc(N3CCC4(CCC(=O)N4C)CC3)c2C(=O)O)ccc1F. The molecule has 0 radical (unpaired) electrons. The minimum atomic E-state index is -1.17. The molecule has 29 heavy (non-hydrogen) atoms. The Balaban J connectivity index is 1.63. The lowest BCUT2D eigenvalue weighted by molar-refractivity contribution is -0.130. The summed E-state index contributed by atoms with van der Waals surface area (Å²) in [5, 5.41) is 13.8. The molecule has 2 fully saturated rings. The van der Waals surface area contributed by atoms with Gasteiger partial charge in [-0.15, -0.1) is 0 Å². The number of aromatic nitrogens is 1. The Kier molecular flexibility index (Phi) is 4.68. The highest BCUT2D eigenvalue weighted by Crippen LogP contribution is 2.40. The number of carboxylic acids is 1. The summed E-state index contributed by atoms with van der Waals surface area (Å²) in [6.45, 7) is 1.13. The molecule has 154 valence electrons. The zero-order valence-corrected chi connectivity index (χ0v) is 16.3. The van der Waals surface area contributed by atoms with Gasteiger partial charge < -0.3 is 24.2 Å². The average molecular weight is 403 g/mol. The lowest BCUT2D eigenvalue weighted by Gasteiger charge is -2.43. The van der Waals surface area contributed by atoms with E-state index in [1.54, 1.807) is 0 Å². The molecule has 2 aliphatic rings. The molecule has 3 heterocycles. The average Bonchev–Trinajstić information content (AvgIpc) is 3.27. The van der Waals surface area contributed by atoms with E-state index in [4.69, 9.17) is 9.26 Å². The molecular weight excluding hydrogens is 381 g/mol. The second-order valence-electron chi connectivity index (χ2n) is 7.53. The molecule has 1 aromatic heterocycles. The number of likely N-dealkylation sites (tertiary alicyclic amines) is 1. The van der Waals surface area contributed by atoms with Crippen LogP contribution in [-0.4, -0.2) is 59.8 Å². The van der Waals surface area contributed by atoms with E-state index in [1.165, 1.54) is 25.3 Å². The highest BCUT2D eigenvalue weighted by Gasteiger charge is 2.45. The largest absolute Gasteiger partial charge is 0.494 e. The van der Waals surface area contributed by atoms with Gasteiger partial charge in [0.2, 0.25) is 5.91 Å². The lowest BCUT2D eigenvalue weighted by atomic mass is 9.85. The van der Waals surface area contributed by atoms with Crippen LogP contribution in [0.4, 0.5) is 10.2 Å². The first-order valence-corrected chi connectivity index (χ1v) is 9.45. The van der Waals surface area contributed by atoms with Crippen LogP contribution in [0, 0.1) is 5.82 Å². The number of carbonyl (C=O) groups excluding carboxylic acids is 1.